The van der Waals surface area contributed by atoms with Crippen LogP contribution in [0.3, 0.4) is 0 Å². The lowest BCUT2D eigenvalue weighted by Gasteiger charge is -2.26. The molecule has 1 saturated carbocycles. The van der Waals surface area contributed by atoms with Gasteiger partial charge in [0.25, 0.3) is 5.56 Å². The van der Waals surface area contributed by atoms with E-state index in [2.05, 4.69) is 10.1 Å². The van der Waals surface area contributed by atoms with Crippen LogP contribution >= 0.6 is 11.8 Å². The van der Waals surface area contributed by atoms with Gasteiger partial charge in [-0.15, -0.1) is 0 Å². The number of fused-ring (bicyclic) bond motifs is 1. The largest absolute Gasteiger partial charge is 0.338 e. The molecule has 1 aliphatic rings. The Morgan fingerprint density at radius 3 is 2.58 bits per heavy atom. The molecule has 7 heteroatoms. The van der Waals surface area contributed by atoms with E-state index in [0.717, 1.165) is 41.9 Å². The van der Waals surface area contributed by atoms with Crippen molar-refractivity contribution in [2.45, 2.75) is 55.5 Å². The summed E-state index contributed by atoms with van der Waals surface area (Å²) in [5, 5.41) is 5.53. The predicted molar refractivity (Wildman–Crippen MR) is 121 cm³/mol. The van der Waals surface area contributed by atoms with Crippen LogP contribution in [0.4, 0.5) is 0 Å². The van der Waals surface area contributed by atoms with Crippen molar-refractivity contribution < 1.29 is 4.52 Å². The van der Waals surface area contributed by atoms with Crippen molar-refractivity contribution in [2.75, 3.05) is 0 Å². The number of benzene rings is 2. The Kier molecular flexibility index (Phi) is 5.84. The zero-order valence-electron chi connectivity index (χ0n) is 17.2. The second-order valence-corrected chi connectivity index (χ2v) is 8.88. The number of thioether (sulfide) groups is 1. The van der Waals surface area contributed by atoms with Crippen molar-refractivity contribution in [3.05, 3.63) is 82.2 Å². The molecule has 158 valence electrons. The van der Waals surface area contributed by atoms with Crippen LogP contribution in [0.25, 0.3) is 10.9 Å². The molecule has 0 bridgehead atoms. The quantitative estimate of drug-likeness (QED) is 0.309. The topological polar surface area (TPSA) is 73.8 Å². The van der Waals surface area contributed by atoms with Gasteiger partial charge in [0.05, 0.1) is 16.7 Å². The molecular weight excluding hydrogens is 408 g/mol. The van der Waals surface area contributed by atoms with Crippen molar-refractivity contribution in [1.29, 1.82) is 0 Å². The first kappa shape index (κ1) is 20.0. The number of nitrogens with zero attached hydrogens (tertiary/aromatic N) is 4. The summed E-state index contributed by atoms with van der Waals surface area (Å²) in [4.78, 5) is 22.7. The molecule has 5 rings (SSSR count). The number of para-hydroxylation sites is 1. The van der Waals surface area contributed by atoms with Crippen molar-refractivity contribution in [2.24, 2.45) is 0 Å². The van der Waals surface area contributed by atoms with E-state index in [4.69, 9.17) is 9.51 Å². The Morgan fingerprint density at radius 2 is 1.74 bits per heavy atom. The van der Waals surface area contributed by atoms with Gasteiger partial charge in [0.1, 0.15) is 0 Å². The molecule has 0 spiro atoms. The van der Waals surface area contributed by atoms with Crippen molar-refractivity contribution in [1.82, 2.24) is 19.7 Å². The minimum Gasteiger partial charge on any atom is -0.338 e. The summed E-state index contributed by atoms with van der Waals surface area (Å²) in [6, 6.07) is 17.9. The molecule has 0 amide bonds. The average Bonchev–Trinajstić information content (AvgIpc) is 3.26. The summed E-state index contributed by atoms with van der Waals surface area (Å²) < 4.78 is 7.37. The lowest BCUT2D eigenvalue weighted by Crippen LogP contribution is -2.29. The molecule has 31 heavy (non-hydrogen) atoms. The molecular formula is C24H24N4O2S. The SMILES string of the molecule is O=c1c2ccccc2nc(SCc2nc(Cc3ccccc3)no2)n1C1CCCCC1. The van der Waals surface area contributed by atoms with Crippen LogP contribution in [0.15, 0.2) is 69.1 Å². The van der Waals surface area contributed by atoms with E-state index in [9.17, 15) is 4.79 Å². The van der Waals surface area contributed by atoms with Crippen molar-refractivity contribution >= 4 is 22.7 Å². The highest BCUT2D eigenvalue weighted by molar-refractivity contribution is 7.98. The normalized spacial score (nSPS) is 14.8. The zero-order valence-corrected chi connectivity index (χ0v) is 18.1. The van der Waals surface area contributed by atoms with E-state index in [1.165, 1.54) is 18.2 Å². The first-order chi connectivity index (χ1) is 15.3. The van der Waals surface area contributed by atoms with Crippen LogP contribution in [-0.4, -0.2) is 19.7 Å². The van der Waals surface area contributed by atoms with E-state index in [1.807, 2.05) is 59.2 Å². The summed E-state index contributed by atoms with van der Waals surface area (Å²) in [5.41, 5.74) is 1.93. The molecule has 0 saturated heterocycles. The molecule has 2 heterocycles. The molecule has 1 aliphatic carbocycles. The van der Waals surface area contributed by atoms with Crippen molar-refractivity contribution in [3.8, 4) is 0 Å². The maximum atomic E-state index is 13.3. The fourth-order valence-corrected chi connectivity index (χ4v) is 5.12. The van der Waals surface area contributed by atoms with Crippen LogP contribution < -0.4 is 5.56 Å². The molecule has 0 N–H and O–H groups in total. The molecule has 0 radical (unpaired) electrons. The van der Waals surface area contributed by atoms with E-state index in [0.29, 0.717) is 29.3 Å². The molecule has 2 aromatic heterocycles. The number of rotatable bonds is 6. The summed E-state index contributed by atoms with van der Waals surface area (Å²) in [6.45, 7) is 0. The van der Waals surface area contributed by atoms with E-state index < -0.39 is 0 Å². The van der Waals surface area contributed by atoms with Gasteiger partial charge in [-0.1, -0.05) is 78.6 Å². The van der Waals surface area contributed by atoms with Gasteiger partial charge in [-0.3, -0.25) is 9.36 Å². The number of aromatic nitrogens is 4. The fourth-order valence-electron chi connectivity index (χ4n) is 4.21. The van der Waals surface area contributed by atoms with Gasteiger partial charge >= 0.3 is 0 Å². The highest BCUT2D eigenvalue weighted by Crippen LogP contribution is 2.32. The lowest BCUT2D eigenvalue weighted by atomic mass is 9.95. The molecule has 6 nitrogen and oxygen atoms in total. The van der Waals surface area contributed by atoms with E-state index >= 15 is 0 Å². The van der Waals surface area contributed by atoms with Gasteiger partial charge in [-0.2, -0.15) is 4.98 Å². The van der Waals surface area contributed by atoms with Gasteiger partial charge < -0.3 is 4.52 Å². The molecule has 2 aromatic carbocycles. The maximum Gasteiger partial charge on any atom is 0.262 e. The second-order valence-electron chi connectivity index (χ2n) is 7.93. The van der Waals surface area contributed by atoms with Gasteiger partial charge in [0.2, 0.25) is 5.89 Å². The highest BCUT2D eigenvalue weighted by atomic mass is 32.2. The maximum absolute atomic E-state index is 13.3. The summed E-state index contributed by atoms with van der Waals surface area (Å²) in [7, 11) is 0. The minimum absolute atomic E-state index is 0.0512. The Hall–Kier alpha value is -2.93. The molecule has 4 aromatic rings. The zero-order chi connectivity index (χ0) is 21.0. The second kappa shape index (κ2) is 9.06. The van der Waals surface area contributed by atoms with Gasteiger partial charge in [0, 0.05) is 12.5 Å². The number of hydrogen-bond acceptors (Lipinski definition) is 6. The van der Waals surface area contributed by atoms with Crippen LogP contribution in [0.2, 0.25) is 0 Å². The molecule has 1 fully saturated rings. The third-order valence-corrected chi connectivity index (χ3v) is 6.69. The highest BCUT2D eigenvalue weighted by Gasteiger charge is 2.22. The summed E-state index contributed by atoms with van der Waals surface area (Å²) in [6.07, 6.45) is 6.22. The van der Waals surface area contributed by atoms with Crippen LogP contribution in [-0.2, 0) is 12.2 Å². The summed E-state index contributed by atoms with van der Waals surface area (Å²) >= 11 is 1.50. The number of hydrogen-bond donors (Lipinski definition) is 0. The lowest BCUT2D eigenvalue weighted by molar-refractivity contribution is 0.326. The Bertz CT molecular complexity index is 1230. The smallest absolute Gasteiger partial charge is 0.262 e. The van der Waals surface area contributed by atoms with Gasteiger partial charge in [-0.05, 0) is 30.5 Å². The standard InChI is InChI=1S/C24H24N4O2S/c29-23-19-13-7-8-14-20(19)25-24(28(23)18-11-5-2-6-12-18)31-16-22-26-21(27-30-22)15-17-9-3-1-4-10-17/h1,3-4,7-10,13-14,18H,2,5-6,11-12,15-16H2. The Morgan fingerprint density at radius 1 is 0.968 bits per heavy atom. The fraction of sp³-hybridized carbons (Fsp3) is 0.333. The molecule has 0 atom stereocenters. The third-order valence-electron chi connectivity index (χ3n) is 5.76. The van der Waals surface area contributed by atoms with E-state index in [1.54, 1.807) is 0 Å². The van der Waals surface area contributed by atoms with E-state index in [-0.39, 0.29) is 11.6 Å². The summed E-state index contributed by atoms with van der Waals surface area (Å²) in [5.74, 6) is 1.70. The van der Waals surface area contributed by atoms with Crippen molar-refractivity contribution in [3.63, 3.8) is 0 Å². The van der Waals surface area contributed by atoms with Crippen LogP contribution in [0.1, 0.15) is 55.4 Å². The first-order valence-electron chi connectivity index (χ1n) is 10.8. The van der Waals surface area contributed by atoms with Gasteiger partial charge in [-0.25, -0.2) is 4.98 Å². The average molecular weight is 433 g/mol. The Labute approximate surface area is 184 Å². The van der Waals surface area contributed by atoms with Crippen LogP contribution in [0, 0.1) is 0 Å². The van der Waals surface area contributed by atoms with Crippen LogP contribution in [0.5, 0.6) is 0 Å². The predicted octanol–water partition coefficient (Wildman–Crippen LogP) is 5.17. The Balaban J connectivity index is 1.40. The molecule has 0 aliphatic heterocycles. The third kappa shape index (κ3) is 4.42. The monoisotopic (exact) mass is 432 g/mol. The minimum atomic E-state index is 0.0512. The first-order valence-corrected chi connectivity index (χ1v) is 11.8. The molecule has 0 unspecified atom stereocenters. The van der Waals surface area contributed by atoms with Gasteiger partial charge in [0.15, 0.2) is 11.0 Å².